The molecule has 9 nitrogen and oxygen atoms in total. The van der Waals surface area contributed by atoms with Gasteiger partial charge in [0.25, 0.3) is 5.91 Å². The van der Waals surface area contributed by atoms with Crippen molar-refractivity contribution in [3.05, 3.63) is 66.5 Å². The molecule has 4 aromatic rings. The van der Waals surface area contributed by atoms with Crippen molar-refractivity contribution < 1.29 is 9.18 Å². The van der Waals surface area contributed by atoms with Crippen molar-refractivity contribution in [3.8, 4) is 11.3 Å². The number of rotatable bonds is 4. The van der Waals surface area contributed by atoms with Crippen LogP contribution in [0.25, 0.3) is 22.3 Å². The van der Waals surface area contributed by atoms with Gasteiger partial charge in [0, 0.05) is 50.3 Å². The standard InChI is InChI=1S/C23H21FN8O/c1-31-8-10-32(11-9-31)22(33)16-3-5-20(27-13-16)29-23-28-14-17(24)21(30-23)15-2-4-18-19(12-15)26-7-6-25-18/h2-7,12-14H,8-11H2,1H3,(H,27,28,29,30). The number of amides is 1. The summed E-state index contributed by atoms with van der Waals surface area (Å²) in [6.07, 6.45) is 5.82. The van der Waals surface area contributed by atoms with E-state index in [1.165, 1.54) is 6.20 Å². The lowest BCUT2D eigenvalue weighted by Crippen LogP contribution is -2.47. The van der Waals surface area contributed by atoms with Gasteiger partial charge in [0.2, 0.25) is 5.95 Å². The number of carbonyl (C=O) groups excluding carboxylic acids is 1. The first kappa shape index (κ1) is 20.8. The number of hydrogen-bond acceptors (Lipinski definition) is 8. The van der Waals surface area contributed by atoms with E-state index >= 15 is 0 Å². The second-order valence-electron chi connectivity index (χ2n) is 7.80. The molecule has 0 spiro atoms. The fourth-order valence-electron chi connectivity index (χ4n) is 3.64. The third-order valence-electron chi connectivity index (χ3n) is 5.53. The number of nitrogens with one attached hydrogen (secondary N) is 1. The molecule has 0 unspecified atom stereocenters. The van der Waals surface area contributed by atoms with E-state index in [4.69, 9.17) is 0 Å². The molecule has 1 aliphatic heterocycles. The molecule has 0 atom stereocenters. The highest BCUT2D eigenvalue weighted by atomic mass is 19.1. The molecule has 1 fully saturated rings. The molecule has 1 saturated heterocycles. The quantitative estimate of drug-likeness (QED) is 0.513. The first-order valence-electron chi connectivity index (χ1n) is 10.5. The summed E-state index contributed by atoms with van der Waals surface area (Å²) in [6.45, 7) is 3.10. The summed E-state index contributed by atoms with van der Waals surface area (Å²) in [5.74, 6) is 0.0508. The Balaban J connectivity index is 1.33. The zero-order valence-corrected chi connectivity index (χ0v) is 17.9. The van der Waals surface area contributed by atoms with Crippen LogP contribution in [0.15, 0.2) is 55.1 Å². The van der Waals surface area contributed by atoms with Crippen LogP contribution in [0.3, 0.4) is 0 Å². The molecule has 1 N–H and O–H groups in total. The fourth-order valence-corrected chi connectivity index (χ4v) is 3.64. The molecule has 10 heteroatoms. The Morgan fingerprint density at radius 3 is 2.48 bits per heavy atom. The van der Waals surface area contributed by atoms with Gasteiger partial charge in [-0.3, -0.25) is 14.8 Å². The summed E-state index contributed by atoms with van der Waals surface area (Å²) < 4.78 is 14.5. The van der Waals surface area contributed by atoms with Crippen molar-refractivity contribution in [2.45, 2.75) is 0 Å². The molecule has 0 radical (unpaired) electrons. The molecular weight excluding hydrogens is 423 g/mol. The SMILES string of the molecule is CN1CCN(C(=O)c2ccc(Nc3ncc(F)c(-c4ccc5nccnc5c4)n3)nc2)CC1. The van der Waals surface area contributed by atoms with Gasteiger partial charge in [-0.25, -0.2) is 19.3 Å². The topological polar surface area (TPSA) is 100 Å². The van der Waals surface area contributed by atoms with Crippen LogP contribution in [0.1, 0.15) is 10.4 Å². The number of anilines is 2. The van der Waals surface area contributed by atoms with Gasteiger partial charge in [-0.15, -0.1) is 0 Å². The Morgan fingerprint density at radius 2 is 1.73 bits per heavy atom. The first-order valence-corrected chi connectivity index (χ1v) is 10.5. The van der Waals surface area contributed by atoms with Crippen molar-refractivity contribution in [2.24, 2.45) is 0 Å². The lowest BCUT2D eigenvalue weighted by Gasteiger charge is -2.32. The van der Waals surface area contributed by atoms with Crippen molar-refractivity contribution in [1.29, 1.82) is 0 Å². The number of likely N-dealkylation sites (N-methyl/N-ethyl adjacent to an activating group) is 1. The van der Waals surface area contributed by atoms with E-state index in [2.05, 4.69) is 35.1 Å². The third-order valence-corrected chi connectivity index (χ3v) is 5.53. The van der Waals surface area contributed by atoms with Gasteiger partial charge >= 0.3 is 0 Å². The molecule has 0 bridgehead atoms. The number of aromatic nitrogens is 5. The van der Waals surface area contributed by atoms with Gasteiger partial charge in [0.15, 0.2) is 5.82 Å². The number of nitrogens with zero attached hydrogens (tertiary/aromatic N) is 7. The van der Waals surface area contributed by atoms with Gasteiger partial charge in [-0.1, -0.05) is 6.07 Å². The molecular formula is C23H21FN8O. The molecule has 3 aromatic heterocycles. The molecule has 1 aromatic carbocycles. The van der Waals surface area contributed by atoms with Crippen LogP contribution in [0.2, 0.25) is 0 Å². The monoisotopic (exact) mass is 444 g/mol. The molecule has 1 aliphatic rings. The predicted octanol–water partition coefficient (Wildman–Crippen LogP) is 2.75. The van der Waals surface area contributed by atoms with Crippen molar-refractivity contribution in [3.63, 3.8) is 0 Å². The van der Waals surface area contributed by atoms with Crippen LogP contribution in [0.5, 0.6) is 0 Å². The Kier molecular flexibility index (Phi) is 5.57. The van der Waals surface area contributed by atoms with E-state index in [0.29, 0.717) is 41.1 Å². The maximum atomic E-state index is 14.5. The van der Waals surface area contributed by atoms with Crippen molar-refractivity contribution in [1.82, 2.24) is 34.7 Å². The number of pyridine rings is 1. The summed E-state index contributed by atoms with van der Waals surface area (Å²) in [5.41, 5.74) is 2.58. The molecule has 0 aliphatic carbocycles. The molecule has 0 saturated carbocycles. The van der Waals surface area contributed by atoms with E-state index in [0.717, 1.165) is 19.3 Å². The summed E-state index contributed by atoms with van der Waals surface area (Å²) in [6, 6.07) is 8.63. The summed E-state index contributed by atoms with van der Waals surface area (Å²) in [4.78, 5) is 37.8. The zero-order chi connectivity index (χ0) is 22.8. The predicted molar refractivity (Wildman–Crippen MR) is 121 cm³/mol. The lowest BCUT2D eigenvalue weighted by atomic mass is 10.1. The molecule has 166 valence electrons. The average Bonchev–Trinajstić information content (AvgIpc) is 2.85. The summed E-state index contributed by atoms with van der Waals surface area (Å²) in [7, 11) is 2.04. The smallest absolute Gasteiger partial charge is 0.255 e. The van der Waals surface area contributed by atoms with Crippen LogP contribution in [-0.4, -0.2) is 73.9 Å². The van der Waals surface area contributed by atoms with Gasteiger partial charge < -0.3 is 15.1 Å². The number of fused-ring (bicyclic) bond motifs is 1. The third kappa shape index (κ3) is 4.46. The van der Waals surface area contributed by atoms with Crippen LogP contribution in [-0.2, 0) is 0 Å². The van der Waals surface area contributed by atoms with E-state index < -0.39 is 5.82 Å². The Labute approximate surface area is 189 Å². The number of carbonyl (C=O) groups is 1. The van der Waals surface area contributed by atoms with Gasteiger partial charge in [-0.05, 0) is 31.3 Å². The van der Waals surface area contributed by atoms with Crippen LogP contribution in [0, 0.1) is 5.82 Å². The Hall–Kier alpha value is -4.05. The maximum Gasteiger partial charge on any atom is 0.255 e. The number of hydrogen-bond donors (Lipinski definition) is 1. The number of halogens is 1. The number of benzene rings is 1. The molecule has 33 heavy (non-hydrogen) atoms. The summed E-state index contributed by atoms with van der Waals surface area (Å²) in [5, 5.41) is 2.97. The van der Waals surface area contributed by atoms with Crippen LogP contribution >= 0.6 is 0 Å². The average molecular weight is 444 g/mol. The van der Waals surface area contributed by atoms with Crippen molar-refractivity contribution >= 4 is 28.7 Å². The maximum absolute atomic E-state index is 14.5. The highest BCUT2D eigenvalue weighted by Gasteiger charge is 2.20. The van der Waals surface area contributed by atoms with E-state index in [-0.39, 0.29) is 17.5 Å². The minimum Gasteiger partial charge on any atom is -0.336 e. The van der Waals surface area contributed by atoms with Gasteiger partial charge in [0.05, 0.1) is 22.8 Å². The van der Waals surface area contributed by atoms with E-state index in [1.807, 2.05) is 11.9 Å². The Bertz CT molecular complexity index is 1310. The molecule has 5 rings (SSSR count). The first-order chi connectivity index (χ1) is 16.1. The highest BCUT2D eigenvalue weighted by Crippen LogP contribution is 2.24. The van der Waals surface area contributed by atoms with Crippen LogP contribution < -0.4 is 5.32 Å². The normalized spacial score (nSPS) is 14.4. The number of piperazine rings is 1. The fraction of sp³-hybridized carbons (Fsp3) is 0.217. The summed E-state index contributed by atoms with van der Waals surface area (Å²) >= 11 is 0. The molecule has 4 heterocycles. The molecule has 1 amide bonds. The highest BCUT2D eigenvalue weighted by molar-refractivity contribution is 5.94. The van der Waals surface area contributed by atoms with Gasteiger partial charge in [0.1, 0.15) is 11.5 Å². The minimum absolute atomic E-state index is 0.0399. The second-order valence-corrected chi connectivity index (χ2v) is 7.80. The minimum atomic E-state index is -0.551. The second kappa shape index (κ2) is 8.83. The lowest BCUT2D eigenvalue weighted by molar-refractivity contribution is 0.0663. The van der Waals surface area contributed by atoms with Crippen molar-refractivity contribution in [2.75, 3.05) is 38.5 Å². The van der Waals surface area contributed by atoms with E-state index in [1.54, 1.807) is 42.7 Å². The zero-order valence-electron chi connectivity index (χ0n) is 17.9. The van der Waals surface area contributed by atoms with Gasteiger partial charge in [-0.2, -0.15) is 0 Å². The largest absolute Gasteiger partial charge is 0.336 e. The Morgan fingerprint density at radius 1 is 0.939 bits per heavy atom. The van der Waals surface area contributed by atoms with Crippen LogP contribution in [0.4, 0.5) is 16.2 Å². The van der Waals surface area contributed by atoms with E-state index in [9.17, 15) is 9.18 Å².